The number of anilines is 1. The van der Waals surface area contributed by atoms with Crippen LogP contribution in [-0.4, -0.2) is 83.1 Å². The predicted molar refractivity (Wildman–Crippen MR) is 169 cm³/mol. The predicted octanol–water partition coefficient (Wildman–Crippen LogP) is 5.02. The second-order valence-corrected chi connectivity index (χ2v) is 12.3. The third-order valence-electron chi connectivity index (χ3n) is 7.69. The van der Waals surface area contributed by atoms with E-state index in [4.69, 9.17) is 14.2 Å². The third-order valence-corrected chi connectivity index (χ3v) is 7.69. The number of morpholine rings is 1. The van der Waals surface area contributed by atoms with Crippen molar-refractivity contribution in [2.75, 3.05) is 25.6 Å². The smallest absolute Gasteiger partial charge is 0.411 e. The fraction of sp³-hybridized carbons (Fsp3) is 0.382. The Kier molecular flexibility index (Phi) is 11.8. The quantitative estimate of drug-likeness (QED) is 0.267. The Bertz CT molecular complexity index is 1610. The van der Waals surface area contributed by atoms with Crippen LogP contribution < -0.4 is 10.6 Å². The topological polar surface area (TPSA) is 156 Å². The van der Waals surface area contributed by atoms with Crippen molar-refractivity contribution in [1.29, 1.82) is 0 Å². The molecule has 1 aromatic heterocycles. The SMILES string of the molecule is COC(=O)NC(C(=O)Nc1cncc(F)c1CC[C@@H]1CN(C(=O)OC(C)(C)C)[C@H](C(=O)O)CO1)C(c1ccc(F)cc1)c1ccc(F)cc1. The fourth-order valence-corrected chi connectivity index (χ4v) is 5.36. The van der Waals surface area contributed by atoms with Crippen LogP contribution in [0.3, 0.4) is 0 Å². The highest BCUT2D eigenvalue weighted by molar-refractivity contribution is 5.98. The van der Waals surface area contributed by atoms with Gasteiger partial charge in [-0.05, 0) is 69.0 Å². The van der Waals surface area contributed by atoms with Gasteiger partial charge in [-0.1, -0.05) is 24.3 Å². The van der Waals surface area contributed by atoms with E-state index in [9.17, 15) is 33.1 Å². The molecule has 0 saturated carbocycles. The van der Waals surface area contributed by atoms with Crippen molar-refractivity contribution < 1.29 is 51.7 Å². The van der Waals surface area contributed by atoms with Gasteiger partial charge in [0.25, 0.3) is 0 Å². The number of nitrogens with zero attached hydrogens (tertiary/aromatic N) is 2. The van der Waals surface area contributed by atoms with Gasteiger partial charge in [0.05, 0.1) is 44.4 Å². The number of rotatable bonds is 10. The number of aliphatic carboxylic acids is 1. The Hall–Kier alpha value is -5.18. The van der Waals surface area contributed by atoms with Gasteiger partial charge in [0.1, 0.15) is 29.1 Å². The Morgan fingerprint density at radius 2 is 1.59 bits per heavy atom. The maximum Gasteiger partial charge on any atom is 0.411 e. The number of nitrogens with one attached hydrogen (secondary N) is 2. The summed E-state index contributed by atoms with van der Waals surface area (Å²) in [5, 5.41) is 14.7. The van der Waals surface area contributed by atoms with Crippen molar-refractivity contribution >= 4 is 29.8 Å². The minimum absolute atomic E-state index is 0.0214. The number of methoxy groups -OCH3 is 1. The van der Waals surface area contributed by atoms with Gasteiger partial charge in [-0.3, -0.25) is 14.7 Å². The molecule has 1 saturated heterocycles. The lowest BCUT2D eigenvalue weighted by Gasteiger charge is -2.38. The molecule has 3 N–H and O–H groups in total. The van der Waals surface area contributed by atoms with E-state index < -0.39 is 71.2 Å². The first-order valence-corrected chi connectivity index (χ1v) is 15.3. The first kappa shape index (κ1) is 36.7. The summed E-state index contributed by atoms with van der Waals surface area (Å²) in [6.45, 7) is 4.47. The number of hydrogen-bond acceptors (Lipinski definition) is 8. The summed E-state index contributed by atoms with van der Waals surface area (Å²) in [6, 6.07) is 7.62. The summed E-state index contributed by atoms with van der Waals surface area (Å²) in [4.78, 5) is 56.0. The maximum atomic E-state index is 15.3. The normalized spacial score (nSPS) is 16.9. The fourth-order valence-electron chi connectivity index (χ4n) is 5.36. The molecule has 3 atom stereocenters. The molecule has 1 fully saturated rings. The molecule has 2 aromatic carbocycles. The molecule has 2 heterocycles. The molecule has 3 amide bonds. The van der Waals surface area contributed by atoms with Crippen molar-refractivity contribution in [2.45, 2.75) is 63.3 Å². The zero-order chi connectivity index (χ0) is 35.9. The molecule has 262 valence electrons. The molecule has 0 spiro atoms. The van der Waals surface area contributed by atoms with Crippen LogP contribution in [0.5, 0.6) is 0 Å². The van der Waals surface area contributed by atoms with E-state index in [-0.39, 0.29) is 37.2 Å². The van der Waals surface area contributed by atoms with Crippen LogP contribution in [-0.2, 0) is 30.2 Å². The van der Waals surface area contributed by atoms with Crippen LogP contribution in [0, 0.1) is 17.5 Å². The van der Waals surface area contributed by atoms with Crippen LogP contribution in [0.2, 0.25) is 0 Å². The number of amides is 3. The van der Waals surface area contributed by atoms with Gasteiger partial charge >= 0.3 is 18.2 Å². The summed E-state index contributed by atoms with van der Waals surface area (Å²) in [5.74, 6) is -4.95. The number of carboxylic acids is 1. The first-order valence-electron chi connectivity index (χ1n) is 15.3. The molecule has 0 aliphatic carbocycles. The van der Waals surface area contributed by atoms with Gasteiger partial charge in [-0.15, -0.1) is 0 Å². The number of aromatic nitrogens is 1. The summed E-state index contributed by atoms with van der Waals surface area (Å²) in [7, 11) is 1.10. The first-order chi connectivity index (χ1) is 23.2. The number of hydrogen-bond donors (Lipinski definition) is 3. The summed E-state index contributed by atoms with van der Waals surface area (Å²) in [6.07, 6.45) is -0.298. The highest BCUT2D eigenvalue weighted by Gasteiger charge is 2.39. The highest BCUT2D eigenvalue weighted by Crippen LogP contribution is 2.31. The Balaban J connectivity index is 1.60. The van der Waals surface area contributed by atoms with Gasteiger partial charge in [0, 0.05) is 11.5 Å². The molecular weight excluding hydrogens is 649 g/mol. The van der Waals surface area contributed by atoms with Crippen molar-refractivity contribution in [3.05, 3.63) is 95.1 Å². The lowest BCUT2D eigenvalue weighted by Crippen LogP contribution is -2.56. The molecule has 3 aromatic rings. The minimum atomic E-state index is -1.43. The molecule has 1 unspecified atom stereocenters. The van der Waals surface area contributed by atoms with Crippen molar-refractivity contribution in [3.8, 4) is 0 Å². The number of ether oxygens (including phenoxy) is 3. The van der Waals surface area contributed by atoms with E-state index in [1.807, 2.05) is 0 Å². The lowest BCUT2D eigenvalue weighted by molar-refractivity contribution is -0.153. The number of pyridine rings is 1. The average molecular weight is 687 g/mol. The molecule has 0 bridgehead atoms. The molecule has 12 nitrogen and oxygen atoms in total. The standard InChI is InChI=1S/C34H37F3N4O8/c1-34(2,3)49-33(46)41-17-23(48-18-27(41)31(43)44)13-14-24-25(37)15-38-16-26(24)39-30(42)29(40-32(45)47-4)28(19-5-9-21(35)10-6-19)20-7-11-22(36)12-8-20/h5-12,15-16,23,27-29H,13-14,17-18H2,1-4H3,(H,39,42)(H,40,45)(H,43,44)/t23-,27+,29?/m1/s1. The Morgan fingerprint density at radius 1 is 1.00 bits per heavy atom. The zero-order valence-electron chi connectivity index (χ0n) is 27.2. The number of carbonyl (C=O) groups is 4. The van der Waals surface area contributed by atoms with Gasteiger partial charge in [0.15, 0.2) is 6.04 Å². The molecule has 49 heavy (non-hydrogen) atoms. The van der Waals surface area contributed by atoms with E-state index in [2.05, 4.69) is 15.6 Å². The summed E-state index contributed by atoms with van der Waals surface area (Å²) < 4.78 is 58.8. The van der Waals surface area contributed by atoms with Gasteiger partial charge < -0.3 is 30.0 Å². The largest absolute Gasteiger partial charge is 0.480 e. The van der Waals surface area contributed by atoms with Crippen LogP contribution in [0.4, 0.5) is 28.4 Å². The highest BCUT2D eigenvalue weighted by atomic mass is 19.1. The van der Waals surface area contributed by atoms with Crippen LogP contribution >= 0.6 is 0 Å². The number of halogens is 3. The number of benzene rings is 2. The number of carboxylic acid groups (broad SMARTS) is 1. The van der Waals surface area contributed by atoms with E-state index in [0.717, 1.165) is 18.2 Å². The molecule has 0 radical (unpaired) electrons. The second-order valence-electron chi connectivity index (χ2n) is 12.3. The zero-order valence-corrected chi connectivity index (χ0v) is 27.2. The van der Waals surface area contributed by atoms with Crippen molar-refractivity contribution in [2.24, 2.45) is 0 Å². The van der Waals surface area contributed by atoms with Crippen molar-refractivity contribution in [3.63, 3.8) is 0 Å². The monoisotopic (exact) mass is 686 g/mol. The van der Waals surface area contributed by atoms with Gasteiger partial charge in [-0.25, -0.2) is 27.6 Å². The average Bonchev–Trinajstić information content (AvgIpc) is 3.04. The van der Waals surface area contributed by atoms with Gasteiger partial charge in [0.2, 0.25) is 5.91 Å². The molecule has 4 rings (SSSR count). The van der Waals surface area contributed by atoms with Crippen LogP contribution in [0.1, 0.15) is 49.8 Å². The van der Waals surface area contributed by atoms with E-state index in [1.54, 1.807) is 20.8 Å². The van der Waals surface area contributed by atoms with E-state index in [0.29, 0.717) is 11.1 Å². The molecule has 15 heteroatoms. The van der Waals surface area contributed by atoms with Crippen molar-refractivity contribution in [1.82, 2.24) is 15.2 Å². The summed E-state index contributed by atoms with van der Waals surface area (Å²) in [5.41, 5.74) is -0.111. The van der Waals surface area contributed by atoms with E-state index >= 15 is 4.39 Å². The molecule has 1 aliphatic rings. The van der Waals surface area contributed by atoms with Crippen LogP contribution in [0.25, 0.3) is 0 Å². The summed E-state index contributed by atoms with van der Waals surface area (Å²) >= 11 is 0. The Labute approximate surface area is 280 Å². The third kappa shape index (κ3) is 9.69. The number of alkyl carbamates (subject to hydrolysis) is 1. The molecule has 1 aliphatic heterocycles. The van der Waals surface area contributed by atoms with Crippen LogP contribution in [0.15, 0.2) is 60.9 Å². The second kappa shape index (κ2) is 15.8. The number of carbonyl (C=O) groups excluding carboxylic acids is 3. The van der Waals surface area contributed by atoms with E-state index in [1.165, 1.54) is 54.7 Å². The Morgan fingerprint density at radius 3 is 2.12 bits per heavy atom. The lowest BCUT2D eigenvalue weighted by atomic mass is 9.84. The maximum absolute atomic E-state index is 15.3. The van der Waals surface area contributed by atoms with Gasteiger partial charge in [-0.2, -0.15) is 0 Å². The molecular formula is C34H37F3N4O8. The minimum Gasteiger partial charge on any atom is -0.480 e.